The number of alkyl halides is 1. The third-order valence-electron chi connectivity index (χ3n) is 4.49. The molecule has 0 bridgehead atoms. The predicted octanol–water partition coefficient (Wildman–Crippen LogP) is 3.04. The van der Waals surface area contributed by atoms with Crippen molar-refractivity contribution in [1.82, 2.24) is 5.32 Å². The highest BCUT2D eigenvalue weighted by molar-refractivity contribution is 5.76. The van der Waals surface area contributed by atoms with Gasteiger partial charge in [0.25, 0.3) is 5.91 Å². The molecular weight excluding hydrogens is 328 g/mol. The number of carbonyl (C=O) groups is 1. The van der Waals surface area contributed by atoms with Crippen LogP contribution < -0.4 is 5.32 Å². The van der Waals surface area contributed by atoms with Gasteiger partial charge in [-0.25, -0.2) is 8.78 Å². The average Bonchev–Trinajstić information content (AvgIpc) is 2.60. The Bertz CT molecular complexity index is 613. The van der Waals surface area contributed by atoms with Gasteiger partial charge < -0.3 is 15.5 Å². The van der Waals surface area contributed by atoms with Crippen LogP contribution in [-0.4, -0.2) is 34.9 Å². The number of aliphatic hydroxyl groups is 2. The zero-order valence-electron chi connectivity index (χ0n) is 14.2. The van der Waals surface area contributed by atoms with E-state index in [1.165, 1.54) is 12.1 Å². The normalized spacial score (nSPS) is 18.2. The van der Waals surface area contributed by atoms with Gasteiger partial charge in [0, 0.05) is 6.54 Å². The highest BCUT2D eigenvalue weighted by Gasteiger charge is 2.25. The molecule has 0 radical (unpaired) electrons. The Morgan fingerprint density at radius 3 is 2.68 bits per heavy atom. The summed E-state index contributed by atoms with van der Waals surface area (Å²) in [6.45, 7) is -1.00. The number of carbonyl (C=O) groups excluding carboxylic acids is 1. The Labute approximate surface area is 146 Å². The van der Waals surface area contributed by atoms with Crippen molar-refractivity contribution in [3.05, 3.63) is 41.2 Å². The van der Waals surface area contributed by atoms with Crippen LogP contribution >= 0.6 is 0 Å². The lowest BCUT2D eigenvalue weighted by molar-refractivity contribution is -0.122. The van der Waals surface area contributed by atoms with E-state index >= 15 is 0 Å². The van der Waals surface area contributed by atoms with Crippen LogP contribution in [0.4, 0.5) is 8.78 Å². The summed E-state index contributed by atoms with van der Waals surface area (Å²) in [5.41, 5.74) is 0.0885. The highest BCUT2D eigenvalue weighted by atomic mass is 19.1. The number of nitrogens with one attached hydrogen (secondary N) is 1. The fourth-order valence-corrected chi connectivity index (χ4v) is 3.07. The van der Waals surface area contributed by atoms with Crippen molar-refractivity contribution in [2.75, 3.05) is 13.2 Å². The lowest BCUT2D eigenvalue weighted by Gasteiger charge is -2.28. The molecule has 1 aliphatic rings. The van der Waals surface area contributed by atoms with E-state index in [1.54, 1.807) is 18.2 Å². The van der Waals surface area contributed by atoms with Crippen molar-refractivity contribution in [3.63, 3.8) is 0 Å². The molecule has 1 amide bonds. The lowest BCUT2D eigenvalue weighted by atomic mass is 9.84. The summed E-state index contributed by atoms with van der Waals surface area (Å²) in [5, 5.41) is 22.9. The first kappa shape index (κ1) is 19.5. The molecule has 0 aromatic heterocycles. The Balaban J connectivity index is 2.02. The van der Waals surface area contributed by atoms with Crippen LogP contribution in [0.5, 0.6) is 0 Å². The van der Waals surface area contributed by atoms with Gasteiger partial charge in [-0.1, -0.05) is 31.4 Å². The minimum atomic E-state index is -1.10. The number of amides is 1. The molecule has 138 valence electrons. The van der Waals surface area contributed by atoms with Crippen molar-refractivity contribution < 1.29 is 23.8 Å². The fraction of sp³-hybridized carbons (Fsp3) is 0.526. The summed E-state index contributed by atoms with van der Waals surface area (Å²) in [5.74, 6) is -1.23. The summed E-state index contributed by atoms with van der Waals surface area (Å²) in [7, 11) is 0. The topological polar surface area (TPSA) is 69.6 Å². The van der Waals surface area contributed by atoms with Crippen LogP contribution in [-0.2, 0) is 4.79 Å². The van der Waals surface area contributed by atoms with Crippen molar-refractivity contribution in [2.24, 2.45) is 0 Å². The molecule has 2 rings (SSSR count). The van der Waals surface area contributed by atoms with Crippen LogP contribution in [0.25, 0.3) is 6.08 Å². The van der Waals surface area contributed by atoms with Gasteiger partial charge in [0.1, 0.15) is 5.82 Å². The molecule has 1 fully saturated rings. The molecule has 4 nitrogen and oxygen atoms in total. The summed E-state index contributed by atoms with van der Waals surface area (Å²) in [6.07, 6.45) is 7.02. The smallest absolute Gasteiger partial charge is 0.251 e. The molecule has 1 atom stereocenters. The van der Waals surface area contributed by atoms with E-state index in [0.29, 0.717) is 24.0 Å². The predicted molar refractivity (Wildman–Crippen MR) is 92.0 cm³/mol. The second-order valence-electron chi connectivity index (χ2n) is 6.60. The number of hydrogen-bond donors (Lipinski definition) is 3. The van der Waals surface area contributed by atoms with E-state index in [1.807, 2.05) is 0 Å². The van der Waals surface area contributed by atoms with Crippen molar-refractivity contribution in [1.29, 1.82) is 0 Å². The molecule has 6 heteroatoms. The fourth-order valence-electron chi connectivity index (χ4n) is 3.07. The Kier molecular flexibility index (Phi) is 7.08. The summed E-state index contributed by atoms with van der Waals surface area (Å²) >= 11 is 0. The van der Waals surface area contributed by atoms with Gasteiger partial charge in [-0.3, -0.25) is 4.79 Å². The Hall–Kier alpha value is -1.79. The number of aliphatic hydroxyl groups excluding tert-OH is 1. The molecule has 1 unspecified atom stereocenters. The quantitative estimate of drug-likeness (QED) is 0.706. The zero-order valence-corrected chi connectivity index (χ0v) is 14.2. The molecule has 25 heavy (non-hydrogen) atoms. The van der Waals surface area contributed by atoms with E-state index in [2.05, 4.69) is 5.32 Å². The number of rotatable bonds is 7. The second kappa shape index (κ2) is 9.06. The van der Waals surface area contributed by atoms with Crippen LogP contribution in [0.2, 0.25) is 0 Å². The minimum absolute atomic E-state index is 0.103. The van der Waals surface area contributed by atoms with Crippen molar-refractivity contribution in [2.45, 2.75) is 50.2 Å². The molecule has 0 heterocycles. The number of halogens is 2. The van der Waals surface area contributed by atoms with E-state index in [0.717, 1.165) is 19.3 Å². The van der Waals surface area contributed by atoms with Crippen molar-refractivity contribution in [3.8, 4) is 0 Å². The van der Waals surface area contributed by atoms with Gasteiger partial charge in [-0.15, -0.1) is 0 Å². The first-order chi connectivity index (χ1) is 11.9. The molecule has 1 aromatic rings. The highest BCUT2D eigenvalue weighted by Crippen LogP contribution is 2.30. The maximum atomic E-state index is 13.8. The van der Waals surface area contributed by atoms with Gasteiger partial charge >= 0.3 is 0 Å². The third-order valence-corrected chi connectivity index (χ3v) is 4.49. The first-order valence-corrected chi connectivity index (χ1v) is 8.65. The number of hydrogen-bond acceptors (Lipinski definition) is 3. The van der Waals surface area contributed by atoms with E-state index in [4.69, 9.17) is 0 Å². The van der Waals surface area contributed by atoms with Crippen LogP contribution in [0.3, 0.4) is 0 Å². The lowest BCUT2D eigenvalue weighted by Crippen LogP contribution is -2.28. The molecular formula is C19H25F2NO3. The standard InChI is InChI=1S/C19H25F2NO3/c20-13-18(24)22-9-5-17(23)15-10-14(11-16(21)12-15)4-8-19(25)6-2-1-3-7-19/h4,8,10-12,17,23,25H,1-3,5-7,9,13H2,(H,22,24). The molecule has 0 saturated heterocycles. The minimum Gasteiger partial charge on any atom is -0.388 e. The van der Waals surface area contributed by atoms with E-state index in [9.17, 15) is 23.8 Å². The van der Waals surface area contributed by atoms with Gasteiger partial charge in [0.2, 0.25) is 0 Å². The molecule has 1 aromatic carbocycles. The zero-order chi connectivity index (χ0) is 18.3. The van der Waals surface area contributed by atoms with Gasteiger partial charge in [0.15, 0.2) is 6.67 Å². The summed E-state index contributed by atoms with van der Waals surface area (Å²) in [6, 6.07) is 4.21. The Morgan fingerprint density at radius 2 is 2.00 bits per heavy atom. The third kappa shape index (κ3) is 6.21. The Morgan fingerprint density at radius 1 is 1.28 bits per heavy atom. The SMILES string of the molecule is O=C(CF)NCCC(O)c1cc(F)cc(C=CC2(O)CCCCC2)c1. The summed E-state index contributed by atoms with van der Waals surface area (Å²) in [4.78, 5) is 10.8. The molecule has 1 aliphatic carbocycles. The molecule has 3 N–H and O–H groups in total. The number of benzene rings is 1. The van der Waals surface area contributed by atoms with E-state index in [-0.39, 0.29) is 13.0 Å². The molecule has 1 saturated carbocycles. The van der Waals surface area contributed by atoms with Crippen LogP contribution in [0, 0.1) is 5.82 Å². The summed E-state index contributed by atoms with van der Waals surface area (Å²) < 4.78 is 25.9. The van der Waals surface area contributed by atoms with E-state index < -0.39 is 30.1 Å². The van der Waals surface area contributed by atoms with Crippen LogP contribution in [0.1, 0.15) is 55.8 Å². The van der Waals surface area contributed by atoms with Crippen molar-refractivity contribution >= 4 is 12.0 Å². The largest absolute Gasteiger partial charge is 0.388 e. The first-order valence-electron chi connectivity index (χ1n) is 8.65. The van der Waals surface area contributed by atoms with Gasteiger partial charge in [-0.2, -0.15) is 0 Å². The maximum absolute atomic E-state index is 13.8. The average molecular weight is 353 g/mol. The molecule has 0 aliphatic heterocycles. The van der Waals surface area contributed by atoms with Gasteiger partial charge in [-0.05, 0) is 48.6 Å². The monoisotopic (exact) mass is 353 g/mol. The second-order valence-corrected chi connectivity index (χ2v) is 6.60. The molecule has 0 spiro atoms. The van der Waals surface area contributed by atoms with Crippen LogP contribution in [0.15, 0.2) is 24.3 Å². The maximum Gasteiger partial charge on any atom is 0.251 e. The van der Waals surface area contributed by atoms with Gasteiger partial charge in [0.05, 0.1) is 11.7 Å².